The number of allylic oxidation sites excluding steroid dienone is 2. The largest absolute Gasteiger partial charge is 0.493 e. The normalized spacial score (nSPS) is 17.7. The van der Waals surface area contributed by atoms with E-state index in [1.165, 1.54) is 0 Å². The summed E-state index contributed by atoms with van der Waals surface area (Å²) in [6.45, 7) is 0.765. The van der Waals surface area contributed by atoms with Crippen molar-refractivity contribution in [3.05, 3.63) is 48.2 Å². The first-order valence-electron chi connectivity index (χ1n) is 8.02. The number of sulfonamides is 1. The number of fused-ring (bicyclic) bond motifs is 1. The van der Waals surface area contributed by atoms with Crippen LogP contribution in [0.25, 0.3) is 0 Å². The Morgan fingerprint density at radius 3 is 2.85 bits per heavy atom. The Morgan fingerprint density at radius 2 is 2.08 bits per heavy atom. The molecule has 2 aliphatic heterocycles. The summed E-state index contributed by atoms with van der Waals surface area (Å²) in [4.78, 5) is 14.1. The third-order valence-corrected chi connectivity index (χ3v) is 4.97. The van der Waals surface area contributed by atoms with Crippen LogP contribution in [0.15, 0.2) is 52.6 Å². The summed E-state index contributed by atoms with van der Waals surface area (Å²) in [5, 5.41) is 2.71. The van der Waals surface area contributed by atoms with E-state index in [1.807, 2.05) is 12.1 Å². The third kappa shape index (κ3) is 4.05. The van der Waals surface area contributed by atoms with Crippen molar-refractivity contribution >= 4 is 21.8 Å². The number of hydrogen-bond donors (Lipinski definition) is 1. The summed E-state index contributed by atoms with van der Waals surface area (Å²) in [6.07, 6.45) is 4.94. The van der Waals surface area contributed by atoms with Crippen LogP contribution in [0.4, 0.5) is 0 Å². The SMILES string of the molecule is COc1ccccc1OCCNC(=O)C1=CC=CN2CCS(=O)(=O)N=C12. The number of nitrogens with zero attached hydrogens (tertiary/aromatic N) is 2. The minimum Gasteiger partial charge on any atom is -0.493 e. The molecular weight excluding hydrogens is 358 g/mol. The van der Waals surface area contributed by atoms with Gasteiger partial charge in [-0.15, -0.1) is 4.40 Å². The second kappa shape index (κ2) is 7.61. The van der Waals surface area contributed by atoms with E-state index in [2.05, 4.69) is 9.71 Å². The molecule has 26 heavy (non-hydrogen) atoms. The highest BCUT2D eigenvalue weighted by atomic mass is 32.2. The van der Waals surface area contributed by atoms with Gasteiger partial charge in [-0.25, -0.2) is 8.42 Å². The van der Waals surface area contributed by atoms with Gasteiger partial charge in [-0.2, -0.15) is 0 Å². The lowest BCUT2D eigenvalue weighted by molar-refractivity contribution is -0.117. The number of rotatable bonds is 6. The molecule has 1 aromatic rings. The van der Waals surface area contributed by atoms with E-state index in [9.17, 15) is 13.2 Å². The Labute approximate surface area is 151 Å². The molecule has 0 aromatic heterocycles. The number of ether oxygens (including phenoxy) is 2. The topological polar surface area (TPSA) is 97.3 Å². The summed E-state index contributed by atoms with van der Waals surface area (Å²) < 4.78 is 38.0. The maximum atomic E-state index is 12.4. The quantitative estimate of drug-likeness (QED) is 0.733. The molecule has 2 aliphatic rings. The Kier molecular flexibility index (Phi) is 5.27. The molecule has 0 radical (unpaired) electrons. The van der Waals surface area contributed by atoms with E-state index in [4.69, 9.17) is 9.47 Å². The van der Waals surface area contributed by atoms with Crippen molar-refractivity contribution in [1.82, 2.24) is 10.2 Å². The molecule has 0 aliphatic carbocycles. The van der Waals surface area contributed by atoms with Gasteiger partial charge < -0.3 is 19.7 Å². The van der Waals surface area contributed by atoms with E-state index in [0.717, 1.165) is 0 Å². The smallest absolute Gasteiger partial charge is 0.256 e. The first kappa shape index (κ1) is 18.0. The molecule has 0 fully saturated rings. The van der Waals surface area contributed by atoms with Crippen molar-refractivity contribution < 1.29 is 22.7 Å². The van der Waals surface area contributed by atoms with Crippen molar-refractivity contribution in [3.8, 4) is 11.5 Å². The van der Waals surface area contributed by atoms with Gasteiger partial charge in [-0.05, 0) is 24.3 Å². The van der Waals surface area contributed by atoms with Gasteiger partial charge in [0.15, 0.2) is 17.3 Å². The van der Waals surface area contributed by atoms with Gasteiger partial charge in [-0.1, -0.05) is 12.1 Å². The lowest BCUT2D eigenvalue weighted by atomic mass is 10.1. The van der Waals surface area contributed by atoms with E-state index in [1.54, 1.807) is 42.5 Å². The minimum atomic E-state index is -3.54. The Hall–Kier alpha value is -2.81. The van der Waals surface area contributed by atoms with Crippen molar-refractivity contribution in [3.63, 3.8) is 0 Å². The van der Waals surface area contributed by atoms with Crippen LogP contribution in [-0.4, -0.2) is 57.6 Å². The highest BCUT2D eigenvalue weighted by Gasteiger charge is 2.29. The Morgan fingerprint density at radius 1 is 1.31 bits per heavy atom. The van der Waals surface area contributed by atoms with E-state index in [0.29, 0.717) is 11.5 Å². The average molecular weight is 377 g/mol. The number of benzene rings is 1. The van der Waals surface area contributed by atoms with Gasteiger partial charge >= 0.3 is 0 Å². The summed E-state index contributed by atoms with van der Waals surface area (Å²) in [5.74, 6) is 0.873. The zero-order chi connectivity index (χ0) is 18.6. The fraction of sp³-hybridized carbons (Fsp3) is 0.294. The second-order valence-corrected chi connectivity index (χ2v) is 7.33. The number of amidine groups is 1. The number of para-hydroxylation sites is 2. The second-order valence-electron chi connectivity index (χ2n) is 5.57. The fourth-order valence-electron chi connectivity index (χ4n) is 2.55. The summed E-state index contributed by atoms with van der Waals surface area (Å²) in [7, 11) is -1.98. The van der Waals surface area contributed by atoms with Crippen molar-refractivity contribution in [2.75, 3.05) is 32.6 Å². The predicted molar refractivity (Wildman–Crippen MR) is 96.6 cm³/mol. The van der Waals surface area contributed by atoms with Crippen LogP contribution in [0.1, 0.15) is 0 Å². The fourth-order valence-corrected chi connectivity index (χ4v) is 3.54. The summed E-state index contributed by atoms with van der Waals surface area (Å²) in [5.41, 5.74) is 0.216. The minimum absolute atomic E-state index is 0.0670. The molecule has 9 heteroatoms. The van der Waals surface area contributed by atoms with Gasteiger partial charge in [-0.3, -0.25) is 4.79 Å². The highest BCUT2D eigenvalue weighted by Crippen LogP contribution is 2.25. The monoisotopic (exact) mass is 377 g/mol. The molecule has 0 saturated carbocycles. The molecule has 1 N–H and O–H groups in total. The predicted octanol–water partition coefficient (Wildman–Crippen LogP) is 0.688. The van der Waals surface area contributed by atoms with Gasteiger partial charge in [0.2, 0.25) is 0 Å². The Bertz CT molecular complexity index is 889. The Balaban J connectivity index is 1.59. The molecule has 0 spiro atoms. The lowest BCUT2D eigenvalue weighted by Gasteiger charge is -2.28. The lowest BCUT2D eigenvalue weighted by Crippen LogP contribution is -2.42. The van der Waals surface area contributed by atoms with Crippen LogP contribution in [0.5, 0.6) is 11.5 Å². The van der Waals surface area contributed by atoms with Gasteiger partial charge in [0.25, 0.3) is 15.9 Å². The third-order valence-electron chi connectivity index (χ3n) is 3.82. The van der Waals surface area contributed by atoms with Crippen molar-refractivity contribution in [1.29, 1.82) is 0 Å². The number of carbonyl (C=O) groups is 1. The number of nitrogens with one attached hydrogen (secondary N) is 1. The number of carbonyl (C=O) groups excluding carboxylic acids is 1. The molecule has 138 valence electrons. The molecule has 0 unspecified atom stereocenters. The van der Waals surface area contributed by atoms with Crippen molar-refractivity contribution in [2.45, 2.75) is 0 Å². The molecule has 8 nitrogen and oxygen atoms in total. The number of hydrogen-bond acceptors (Lipinski definition) is 6. The van der Waals surface area contributed by atoms with E-state index >= 15 is 0 Å². The van der Waals surface area contributed by atoms with Gasteiger partial charge in [0.1, 0.15) is 6.61 Å². The number of amides is 1. The van der Waals surface area contributed by atoms with Crippen LogP contribution < -0.4 is 14.8 Å². The molecule has 3 rings (SSSR count). The number of methoxy groups -OCH3 is 1. The molecule has 0 bridgehead atoms. The maximum absolute atomic E-state index is 12.4. The van der Waals surface area contributed by atoms with E-state index < -0.39 is 15.9 Å². The van der Waals surface area contributed by atoms with Crippen molar-refractivity contribution in [2.24, 2.45) is 4.40 Å². The first-order chi connectivity index (χ1) is 12.5. The first-order valence-corrected chi connectivity index (χ1v) is 9.63. The molecular formula is C17H19N3O5S. The average Bonchev–Trinajstić information content (AvgIpc) is 2.64. The zero-order valence-electron chi connectivity index (χ0n) is 14.2. The highest BCUT2D eigenvalue weighted by molar-refractivity contribution is 7.90. The van der Waals surface area contributed by atoms with Gasteiger partial charge in [0, 0.05) is 12.7 Å². The zero-order valence-corrected chi connectivity index (χ0v) is 15.0. The maximum Gasteiger partial charge on any atom is 0.256 e. The van der Waals surface area contributed by atoms with Crippen LogP contribution in [0.3, 0.4) is 0 Å². The summed E-state index contributed by atoms with van der Waals surface area (Å²) >= 11 is 0. The van der Waals surface area contributed by atoms with Crippen LogP contribution in [0, 0.1) is 0 Å². The van der Waals surface area contributed by atoms with Gasteiger partial charge in [0.05, 0.1) is 25.0 Å². The summed E-state index contributed by atoms with van der Waals surface area (Å²) in [6, 6.07) is 7.21. The molecule has 1 aromatic carbocycles. The van der Waals surface area contributed by atoms with Crippen LogP contribution in [-0.2, 0) is 14.8 Å². The molecule has 0 atom stereocenters. The molecule has 2 heterocycles. The van der Waals surface area contributed by atoms with Crippen LogP contribution in [0.2, 0.25) is 0 Å². The van der Waals surface area contributed by atoms with E-state index in [-0.39, 0.29) is 36.9 Å². The molecule has 1 amide bonds. The standard InChI is InChI=1S/C17H19N3O5S/c1-24-14-6-2-3-7-15(14)25-11-8-18-17(21)13-5-4-9-20-10-12-26(22,23)19-16(13)20/h2-7,9H,8,10-12H2,1H3,(H,18,21). The molecule has 0 saturated heterocycles. The van der Waals surface area contributed by atoms with Crippen LogP contribution >= 0.6 is 0 Å².